The van der Waals surface area contributed by atoms with Gasteiger partial charge in [-0.2, -0.15) is 0 Å². The van der Waals surface area contributed by atoms with E-state index in [4.69, 9.17) is 51.2 Å². The molecule has 1 heterocycles. The van der Waals surface area contributed by atoms with Gasteiger partial charge in [0.05, 0.1) is 16.6 Å². The SMILES string of the molecule is O=C1C(=O)N(OCc2ccc(Cl)cc2Cl)C(=O)N1Cc1ccc(Cl)c(Cl)c1. The molecule has 0 N–H and O–H groups in total. The number of amides is 4. The number of halogens is 4. The molecule has 0 spiro atoms. The lowest BCUT2D eigenvalue weighted by Crippen LogP contribution is -2.33. The van der Waals surface area contributed by atoms with Crippen molar-refractivity contribution in [1.29, 1.82) is 0 Å². The Bertz CT molecular complexity index is 951. The molecule has 1 aliphatic heterocycles. The van der Waals surface area contributed by atoms with Crippen LogP contribution in [0.25, 0.3) is 0 Å². The molecular formula is C17H10Cl4N2O4. The zero-order valence-electron chi connectivity index (χ0n) is 13.4. The lowest BCUT2D eigenvalue weighted by Gasteiger charge is -2.15. The van der Waals surface area contributed by atoms with Crippen molar-refractivity contribution in [1.82, 2.24) is 9.96 Å². The Morgan fingerprint density at radius 1 is 0.815 bits per heavy atom. The van der Waals surface area contributed by atoms with Crippen LogP contribution in [0.5, 0.6) is 0 Å². The lowest BCUT2D eigenvalue weighted by atomic mass is 10.2. The van der Waals surface area contributed by atoms with Crippen molar-refractivity contribution in [2.24, 2.45) is 0 Å². The second kappa shape index (κ2) is 8.04. The van der Waals surface area contributed by atoms with Gasteiger partial charge in [-0.05, 0) is 35.4 Å². The lowest BCUT2D eigenvalue weighted by molar-refractivity contribution is -0.169. The van der Waals surface area contributed by atoms with Gasteiger partial charge < -0.3 is 0 Å². The highest BCUT2D eigenvalue weighted by Gasteiger charge is 2.45. The second-order valence-corrected chi connectivity index (χ2v) is 7.19. The van der Waals surface area contributed by atoms with Crippen LogP contribution in [0.2, 0.25) is 20.1 Å². The van der Waals surface area contributed by atoms with Crippen LogP contribution in [0.1, 0.15) is 11.1 Å². The normalized spacial score (nSPS) is 14.4. The Balaban J connectivity index is 1.72. The number of hydroxylamine groups is 2. The number of hydrogen-bond acceptors (Lipinski definition) is 4. The molecule has 2 aromatic rings. The molecule has 4 amide bonds. The van der Waals surface area contributed by atoms with Crippen LogP contribution in [0.3, 0.4) is 0 Å². The molecule has 27 heavy (non-hydrogen) atoms. The van der Waals surface area contributed by atoms with E-state index in [1.165, 1.54) is 18.2 Å². The maximum Gasteiger partial charge on any atom is 0.359 e. The molecule has 0 radical (unpaired) electrons. The predicted molar refractivity (Wildman–Crippen MR) is 101 cm³/mol. The molecule has 0 bridgehead atoms. The highest BCUT2D eigenvalue weighted by molar-refractivity contribution is 6.44. The number of nitrogens with zero attached hydrogens (tertiary/aromatic N) is 2. The molecule has 140 valence electrons. The smallest absolute Gasteiger partial charge is 0.263 e. The number of urea groups is 1. The van der Waals surface area contributed by atoms with Crippen LogP contribution in [0, 0.1) is 0 Å². The van der Waals surface area contributed by atoms with Crippen molar-refractivity contribution in [3.63, 3.8) is 0 Å². The molecule has 0 saturated carbocycles. The highest BCUT2D eigenvalue weighted by Crippen LogP contribution is 2.26. The average Bonchev–Trinajstić information content (AvgIpc) is 2.81. The van der Waals surface area contributed by atoms with Crippen LogP contribution in [0.4, 0.5) is 4.79 Å². The third-order valence-electron chi connectivity index (χ3n) is 3.71. The van der Waals surface area contributed by atoms with E-state index >= 15 is 0 Å². The van der Waals surface area contributed by atoms with Crippen molar-refractivity contribution in [3.8, 4) is 0 Å². The first-order chi connectivity index (χ1) is 12.8. The fraction of sp³-hybridized carbons (Fsp3) is 0.118. The van der Waals surface area contributed by atoms with Crippen LogP contribution in [-0.4, -0.2) is 27.8 Å². The summed E-state index contributed by atoms with van der Waals surface area (Å²) in [5.74, 6) is -2.10. The minimum atomic E-state index is -1.09. The minimum absolute atomic E-state index is 0.151. The summed E-state index contributed by atoms with van der Waals surface area (Å²) >= 11 is 23.6. The first kappa shape index (κ1) is 19.9. The minimum Gasteiger partial charge on any atom is -0.263 e. The Morgan fingerprint density at radius 2 is 1.56 bits per heavy atom. The third kappa shape index (κ3) is 4.20. The van der Waals surface area contributed by atoms with Gasteiger partial charge in [-0.15, -0.1) is 5.06 Å². The van der Waals surface area contributed by atoms with Crippen molar-refractivity contribution in [2.45, 2.75) is 13.2 Å². The number of carbonyl (C=O) groups excluding carboxylic acids is 3. The molecule has 1 saturated heterocycles. The molecular weight excluding hydrogens is 438 g/mol. The quantitative estimate of drug-likeness (QED) is 0.491. The number of hydrogen-bond donors (Lipinski definition) is 0. The van der Waals surface area contributed by atoms with Gasteiger partial charge >= 0.3 is 17.8 Å². The van der Waals surface area contributed by atoms with Gasteiger partial charge in [0.25, 0.3) is 0 Å². The molecule has 0 atom stereocenters. The van der Waals surface area contributed by atoms with Gasteiger partial charge in [0.1, 0.15) is 6.61 Å². The van der Waals surface area contributed by atoms with E-state index in [2.05, 4.69) is 0 Å². The summed E-state index contributed by atoms with van der Waals surface area (Å²) in [7, 11) is 0. The molecule has 3 rings (SSSR count). The van der Waals surface area contributed by atoms with Crippen LogP contribution in [-0.2, 0) is 27.6 Å². The summed E-state index contributed by atoms with van der Waals surface area (Å²) in [4.78, 5) is 42.6. The second-order valence-electron chi connectivity index (χ2n) is 5.53. The van der Waals surface area contributed by atoms with E-state index in [-0.39, 0.29) is 18.2 Å². The Labute approximate surface area is 174 Å². The third-order valence-corrected chi connectivity index (χ3v) is 5.03. The number of rotatable bonds is 5. The van der Waals surface area contributed by atoms with Crippen LogP contribution < -0.4 is 0 Å². The summed E-state index contributed by atoms with van der Waals surface area (Å²) in [6.07, 6.45) is 0. The average molecular weight is 448 g/mol. The van der Waals surface area contributed by atoms with E-state index in [0.29, 0.717) is 31.3 Å². The maximum absolute atomic E-state index is 12.4. The van der Waals surface area contributed by atoms with Crippen LogP contribution in [0.15, 0.2) is 36.4 Å². The van der Waals surface area contributed by atoms with Crippen molar-refractivity contribution >= 4 is 64.2 Å². The predicted octanol–water partition coefficient (Wildman–Crippen LogP) is 4.72. The van der Waals surface area contributed by atoms with E-state index in [0.717, 1.165) is 4.90 Å². The Morgan fingerprint density at radius 3 is 2.22 bits per heavy atom. The summed E-state index contributed by atoms with van der Waals surface area (Å²) in [5.41, 5.74) is 1.03. The van der Waals surface area contributed by atoms with Gasteiger partial charge in [-0.1, -0.05) is 58.5 Å². The topological polar surface area (TPSA) is 66.9 Å². The molecule has 6 nitrogen and oxygen atoms in total. The number of carbonyl (C=O) groups is 3. The van der Waals surface area contributed by atoms with Gasteiger partial charge in [0.15, 0.2) is 0 Å². The van der Waals surface area contributed by atoms with E-state index in [9.17, 15) is 14.4 Å². The molecule has 0 unspecified atom stereocenters. The van der Waals surface area contributed by atoms with Gasteiger partial charge in [0, 0.05) is 10.0 Å². The van der Waals surface area contributed by atoms with Gasteiger partial charge in [0.2, 0.25) is 0 Å². The molecule has 10 heteroatoms. The summed E-state index contributed by atoms with van der Waals surface area (Å²) in [6.45, 7) is -0.344. The van der Waals surface area contributed by atoms with Crippen LogP contribution >= 0.6 is 46.4 Å². The fourth-order valence-corrected chi connectivity index (χ4v) is 3.12. The first-order valence-corrected chi connectivity index (χ1v) is 9.00. The standard InChI is InChI=1S/C17H10Cl4N2O4/c18-11-3-2-10(13(20)6-11)8-27-23-16(25)15(24)22(17(23)26)7-9-1-4-12(19)14(21)5-9/h1-6H,7-8H2. The summed E-state index contributed by atoms with van der Waals surface area (Å²) in [6, 6.07) is 8.40. The highest BCUT2D eigenvalue weighted by atomic mass is 35.5. The van der Waals surface area contributed by atoms with Gasteiger partial charge in [-0.3, -0.25) is 14.4 Å². The maximum atomic E-state index is 12.4. The van der Waals surface area contributed by atoms with E-state index in [1.54, 1.807) is 18.2 Å². The van der Waals surface area contributed by atoms with E-state index < -0.39 is 17.8 Å². The van der Waals surface area contributed by atoms with Crippen molar-refractivity contribution in [2.75, 3.05) is 0 Å². The van der Waals surface area contributed by atoms with Crippen molar-refractivity contribution in [3.05, 3.63) is 67.6 Å². The Kier molecular flexibility index (Phi) is 5.93. The molecule has 0 aromatic heterocycles. The molecule has 1 aliphatic rings. The molecule has 2 aromatic carbocycles. The largest absolute Gasteiger partial charge is 0.359 e. The van der Waals surface area contributed by atoms with Crippen molar-refractivity contribution < 1.29 is 19.2 Å². The summed E-state index contributed by atoms with van der Waals surface area (Å²) in [5, 5.41) is 1.75. The first-order valence-electron chi connectivity index (χ1n) is 7.48. The Hall–Kier alpha value is -1.83. The van der Waals surface area contributed by atoms with Gasteiger partial charge in [-0.25, -0.2) is 9.69 Å². The molecule has 1 fully saturated rings. The number of imide groups is 2. The number of benzene rings is 2. The molecule has 0 aliphatic carbocycles. The fourth-order valence-electron chi connectivity index (χ4n) is 2.33. The zero-order chi connectivity index (χ0) is 19.7. The zero-order valence-corrected chi connectivity index (χ0v) is 16.4. The monoisotopic (exact) mass is 446 g/mol. The summed E-state index contributed by atoms with van der Waals surface area (Å²) < 4.78 is 0. The van der Waals surface area contributed by atoms with E-state index in [1.807, 2.05) is 0 Å².